The fourth-order valence-corrected chi connectivity index (χ4v) is 4.79. The van der Waals surface area contributed by atoms with Gasteiger partial charge in [0.2, 0.25) is 0 Å². The zero-order valence-corrected chi connectivity index (χ0v) is 17.7. The number of carbonyl (C=O) groups is 1. The van der Waals surface area contributed by atoms with E-state index in [-0.39, 0.29) is 4.90 Å². The number of rotatable bonds is 6. The van der Waals surface area contributed by atoms with Crippen LogP contribution in [0.1, 0.15) is 11.1 Å². The molecule has 1 amide bonds. The van der Waals surface area contributed by atoms with Gasteiger partial charge >= 0.3 is 0 Å². The van der Waals surface area contributed by atoms with E-state index in [1.165, 1.54) is 6.08 Å². The lowest BCUT2D eigenvalue weighted by Gasteiger charge is -2.13. The van der Waals surface area contributed by atoms with E-state index in [4.69, 9.17) is 5.21 Å². The number of sulfonamides is 1. The van der Waals surface area contributed by atoms with Crippen molar-refractivity contribution in [1.29, 1.82) is 0 Å². The lowest BCUT2D eigenvalue weighted by molar-refractivity contribution is -0.124. The summed E-state index contributed by atoms with van der Waals surface area (Å²) in [6, 6.07) is 28.3. The first kappa shape index (κ1) is 21.3. The molecule has 0 fully saturated rings. The third-order valence-electron chi connectivity index (χ3n) is 4.94. The number of hydroxylamine groups is 1. The molecule has 0 bridgehead atoms. The molecule has 0 saturated heterocycles. The Morgan fingerprint density at radius 3 is 2.22 bits per heavy atom. The first-order chi connectivity index (χ1) is 15.5. The van der Waals surface area contributed by atoms with Crippen LogP contribution in [0.5, 0.6) is 0 Å². The molecule has 0 unspecified atom stereocenters. The zero-order valence-electron chi connectivity index (χ0n) is 16.9. The van der Waals surface area contributed by atoms with Crippen molar-refractivity contribution in [2.75, 3.05) is 4.72 Å². The van der Waals surface area contributed by atoms with E-state index < -0.39 is 15.9 Å². The molecule has 4 rings (SSSR count). The second kappa shape index (κ2) is 9.05. The number of hydrogen-bond acceptors (Lipinski definition) is 4. The second-order valence-electron chi connectivity index (χ2n) is 7.06. The molecule has 7 heteroatoms. The molecule has 4 aromatic rings. The van der Waals surface area contributed by atoms with Crippen molar-refractivity contribution in [3.05, 3.63) is 114 Å². The van der Waals surface area contributed by atoms with Gasteiger partial charge in [-0.1, -0.05) is 78.9 Å². The Labute approximate surface area is 185 Å². The molecule has 4 aromatic carbocycles. The summed E-state index contributed by atoms with van der Waals surface area (Å²) in [4.78, 5) is 12.0. The normalized spacial score (nSPS) is 11.8. The lowest BCUT2D eigenvalue weighted by atomic mass is 9.97. The van der Waals surface area contributed by atoms with Gasteiger partial charge in [0.15, 0.2) is 0 Å². The van der Waals surface area contributed by atoms with Crippen LogP contribution in [0, 0.1) is 0 Å². The monoisotopic (exact) mass is 444 g/mol. The maximum Gasteiger partial charge on any atom is 0.267 e. The van der Waals surface area contributed by atoms with E-state index >= 15 is 0 Å². The summed E-state index contributed by atoms with van der Waals surface area (Å²) in [5.41, 5.74) is 3.83. The molecule has 0 aromatic heterocycles. The predicted octanol–water partition coefficient (Wildman–Crippen LogP) is 4.58. The van der Waals surface area contributed by atoms with E-state index in [1.54, 1.807) is 54.0 Å². The fraction of sp³-hybridized carbons (Fsp3) is 0. The zero-order chi connectivity index (χ0) is 22.6. The van der Waals surface area contributed by atoms with Gasteiger partial charge in [-0.2, -0.15) is 0 Å². The average Bonchev–Trinajstić information content (AvgIpc) is 2.82. The third-order valence-corrected chi connectivity index (χ3v) is 6.37. The summed E-state index contributed by atoms with van der Waals surface area (Å²) in [6.07, 6.45) is 1.26. The van der Waals surface area contributed by atoms with Crippen molar-refractivity contribution in [2.45, 2.75) is 4.90 Å². The van der Waals surface area contributed by atoms with Crippen molar-refractivity contribution in [3.63, 3.8) is 0 Å². The van der Waals surface area contributed by atoms with Crippen molar-refractivity contribution >= 4 is 38.0 Å². The van der Waals surface area contributed by atoms with Crippen LogP contribution in [-0.4, -0.2) is 19.5 Å². The minimum atomic E-state index is -3.86. The number of nitrogens with one attached hydrogen (secondary N) is 2. The number of hydrogen-bond donors (Lipinski definition) is 3. The van der Waals surface area contributed by atoms with Gasteiger partial charge in [-0.25, -0.2) is 13.9 Å². The van der Waals surface area contributed by atoms with Crippen LogP contribution < -0.4 is 10.2 Å². The van der Waals surface area contributed by atoms with Gasteiger partial charge in [-0.3, -0.25) is 14.7 Å². The summed E-state index contributed by atoms with van der Waals surface area (Å²) < 4.78 is 29.0. The van der Waals surface area contributed by atoms with E-state index in [2.05, 4.69) is 4.72 Å². The molecule has 0 saturated carbocycles. The molecule has 160 valence electrons. The van der Waals surface area contributed by atoms with Gasteiger partial charge in [0.25, 0.3) is 15.9 Å². The number of anilines is 1. The van der Waals surface area contributed by atoms with Crippen molar-refractivity contribution < 1.29 is 18.4 Å². The SMILES string of the molecule is O=C(C=C(c1ccccc1)c1cccc(NS(=O)(=O)c2cccc3ccccc23)c1)NO. The molecule has 6 nitrogen and oxygen atoms in total. The van der Waals surface area contributed by atoms with Crippen LogP contribution in [0.3, 0.4) is 0 Å². The third kappa shape index (κ3) is 4.54. The molecule has 0 heterocycles. The van der Waals surface area contributed by atoms with Crippen LogP contribution in [0.2, 0.25) is 0 Å². The summed E-state index contributed by atoms with van der Waals surface area (Å²) in [6.45, 7) is 0. The van der Waals surface area contributed by atoms with Crippen molar-refractivity contribution in [2.24, 2.45) is 0 Å². The molecule has 0 atom stereocenters. The minimum Gasteiger partial charge on any atom is -0.288 e. The standard InChI is InChI=1S/C25H20N2O4S/c28-25(26-29)17-23(19-8-2-1-3-9-19)20-12-6-13-21(16-20)27-32(30,31)24-15-7-11-18-10-4-5-14-22(18)24/h1-17,27,29H,(H,26,28). The maximum absolute atomic E-state index is 13.2. The van der Waals surface area contributed by atoms with Gasteiger partial charge in [-0.05, 0) is 40.3 Å². The number of carbonyl (C=O) groups excluding carboxylic acids is 1. The first-order valence-corrected chi connectivity index (χ1v) is 11.3. The van der Waals surface area contributed by atoms with E-state index in [1.807, 2.05) is 48.5 Å². The highest BCUT2D eigenvalue weighted by Crippen LogP contribution is 2.28. The molecule has 0 radical (unpaired) electrons. The largest absolute Gasteiger partial charge is 0.288 e. The number of benzene rings is 4. The van der Waals surface area contributed by atoms with Gasteiger partial charge in [0.1, 0.15) is 0 Å². The van der Waals surface area contributed by atoms with Gasteiger partial charge in [0.05, 0.1) is 4.90 Å². The Kier molecular flexibility index (Phi) is 6.02. The second-order valence-corrected chi connectivity index (χ2v) is 8.71. The van der Waals surface area contributed by atoms with Crippen molar-refractivity contribution in [3.8, 4) is 0 Å². The summed E-state index contributed by atoms with van der Waals surface area (Å²) in [5.74, 6) is -0.689. The molecular formula is C25H20N2O4S. The highest BCUT2D eigenvalue weighted by atomic mass is 32.2. The Balaban J connectivity index is 1.74. The van der Waals surface area contributed by atoms with Crippen LogP contribution in [0.4, 0.5) is 5.69 Å². The Morgan fingerprint density at radius 1 is 0.781 bits per heavy atom. The Hall–Kier alpha value is -3.94. The van der Waals surface area contributed by atoms with Crippen LogP contribution >= 0.6 is 0 Å². The van der Waals surface area contributed by atoms with E-state index in [0.717, 1.165) is 10.9 Å². The molecule has 3 N–H and O–H groups in total. The predicted molar refractivity (Wildman–Crippen MR) is 125 cm³/mol. The van der Waals surface area contributed by atoms with Gasteiger partial charge < -0.3 is 0 Å². The maximum atomic E-state index is 13.2. The topological polar surface area (TPSA) is 95.5 Å². The molecule has 0 aliphatic heterocycles. The molecular weight excluding hydrogens is 424 g/mol. The molecule has 0 aliphatic carbocycles. The highest BCUT2D eigenvalue weighted by molar-refractivity contribution is 7.93. The first-order valence-electron chi connectivity index (χ1n) is 9.80. The lowest BCUT2D eigenvalue weighted by Crippen LogP contribution is -2.16. The van der Waals surface area contributed by atoms with Crippen LogP contribution in [0.25, 0.3) is 16.3 Å². The molecule has 0 spiro atoms. The Bertz CT molecular complexity index is 1410. The summed E-state index contributed by atoms with van der Waals surface area (Å²) >= 11 is 0. The highest BCUT2D eigenvalue weighted by Gasteiger charge is 2.18. The fourth-order valence-electron chi connectivity index (χ4n) is 3.50. The average molecular weight is 445 g/mol. The van der Waals surface area contributed by atoms with Crippen LogP contribution in [-0.2, 0) is 14.8 Å². The minimum absolute atomic E-state index is 0.180. The summed E-state index contributed by atoms with van der Waals surface area (Å²) in [5, 5.41) is 10.4. The van der Waals surface area contributed by atoms with Gasteiger partial charge in [0, 0.05) is 17.1 Å². The Morgan fingerprint density at radius 2 is 1.44 bits per heavy atom. The van der Waals surface area contributed by atoms with E-state index in [0.29, 0.717) is 22.2 Å². The summed E-state index contributed by atoms with van der Waals surface area (Å²) in [7, 11) is -3.86. The molecule has 32 heavy (non-hydrogen) atoms. The number of amides is 1. The van der Waals surface area contributed by atoms with Crippen molar-refractivity contribution in [1.82, 2.24) is 5.48 Å². The smallest absolute Gasteiger partial charge is 0.267 e. The molecule has 0 aliphatic rings. The number of fused-ring (bicyclic) bond motifs is 1. The van der Waals surface area contributed by atoms with Crippen LogP contribution in [0.15, 0.2) is 108 Å². The van der Waals surface area contributed by atoms with Gasteiger partial charge in [-0.15, -0.1) is 0 Å². The van der Waals surface area contributed by atoms with E-state index in [9.17, 15) is 13.2 Å². The quantitative estimate of drug-likeness (QED) is 0.230.